The van der Waals surface area contributed by atoms with Gasteiger partial charge in [0.05, 0.1) is 0 Å². The second kappa shape index (κ2) is 53.4. The number of unbranched alkanes of at least 4 members (excludes halogenated alkanes) is 15. The van der Waals surface area contributed by atoms with Gasteiger partial charge in [-0.2, -0.15) is 0 Å². The molecule has 372 valence electrons. The molecule has 0 amide bonds. The van der Waals surface area contributed by atoms with Gasteiger partial charge in [0.25, 0.3) is 0 Å². The lowest BCUT2D eigenvalue weighted by Crippen LogP contribution is -2.30. The van der Waals surface area contributed by atoms with Crippen molar-refractivity contribution in [2.24, 2.45) is 0 Å². The van der Waals surface area contributed by atoms with Crippen LogP contribution in [0.4, 0.5) is 0 Å². The number of hydrogen-bond donors (Lipinski definition) is 0. The van der Waals surface area contributed by atoms with Crippen molar-refractivity contribution in [1.29, 1.82) is 0 Å². The van der Waals surface area contributed by atoms with Gasteiger partial charge < -0.3 is 14.2 Å². The van der Waals surface area contributed by atoms with E-state index in [2.05, 4.69) is 142 Å². The summed E-state index contributed by atoms with van der Waals surface area (Å²) in [6.07, 6.45) is 73.3. The Balaban J connectivity index is 4.48. The van der Waals surface area contributed by atoms with Gasteiger partial charge in [-0.05, 0) is 122 Å². The highest BCUT2D eigenvalue weighted by molar-refractivity contribution is 5.71. The lowest BCUT2D eigenvalue weighted by molar-refractivity contribution is -0.167. The summed E-state index contributed by atoms with van der Waals surface area (Å²) in [5.41, 5.74) is 0. The summed E-state index contributed by atoms with van der Waals surface area (Å²) in [7, 11) is 0. The Bertz CT molecular complexity index is 1420. The van der Waals surface area contributed by atoms with E-state index in [0.29, 0.717) is 19.3 Å². The van der Waals surface area contributed by atoms with Crippen molar-refractivity contribution in [2.45, 2.75) is 226 Å². The molecule has 0 fully saturated rings. The molecular formula is C60H96O6. The summed E-state index contributed by atoms with van der Waals surface area (Å²) in [4.78, 5) is 38.0. The van der Waals surface area contributed by atoms with E-state index >= 15 is 0 Å². The number of ether oxygens (including phenoxy) is 3. The third kappa shape index (κ3) is 50.8. The van der Waals surface area contributed by atoms with Crippen molar-refractivity contribution >= 4 is 17.9 Å². The lowest BCUT2D eigenvalue weighted by atomic mass is 10.1. The van der Waals surface area contributed by atoms with E-state index in [4.69, 9.17) is 14.2 Å². The Kier molecular flexibility index (Phi) is 50.0. The second-order valence-electron chi connectivity index (χ2n) is 17.0. The topological polar surface area (TPSA) is 78.9 Å². The fourth-order valence-corrected chi connectivity index (χ4v) is 6.70. The molecule has 1 atom stereocenters. The fourth-order valence-electron chi connectivity index (χ4n) is 6.70. The normalized spacial score (nSPS) is 13.1. The first-order valence-corrected chi connectivity index (χ1v) is 26.5. The third-order valence-corrected chi connectivity index (χ3v) is 10.7. The van der Waals surface area contributed by atoms with Gasteiger partial charge >= 0.3 is 17.9 Å². The van der Waals surface area contributed by atoms with Crippen LogP contribution in [0.1, 0.15) is 220 Å². The Hall–Kier alpha value is -4.19. The molecular weight excluding hydrogens is 817 g/mol. The van der Waals surface area contributed by atoms with Crippen LogP contribution in [0, 0.1) is 0 Å². The molecule has 0 aromatic carbocycles. The van der Waals surface area contributed by atoms with Crippen LogP contribution in [0.3, 0.4) is 0 Å². The minimum absolute atomic E-state index is 0.109. The highest BCUT2D eigenvalue weighted by Crippen LogP contribution is 2.12. The maximum atomic E-state index is 12.8. The Morgan fingerprint density at radius 3 is 1.06 bits per heavy atom. The van der Waals surface area contributed by atoms with E-state index in [1.54, 1.807) is 0 Å². The monoisotopic (exact) mass is 913 g/mol. The molecule has 6 nitrogen and oxygen atoms in total. The standard InChI is InChI=1S/C60H96O6/c1-4-7-10-13-16-19-22-25-26-27-28-29-30-31-32-33-34-36-38-41-44-47-50-53-59(62)65-56-57(55-64-58(61)52-49-46-43-40-37-24-21-18-15-12-9-6-3)66-60(63)54-51-48-45-42-39-35-23-20-17-14-11-8-5-2/h7,10-11,14,16,18-21,23,25-26,28-29,31-32,34,36,41,44,57H,4-6,8-9,12-13,15,17,22,24,27,30,33,35,37-40,42-43,45-56H2,1-3H3/b10-7-,14-11-,19-16-,21-18-,23-20-,26-25-,29-28-,32-31-,36-34-,44-41-. The van der Waals surface area contributed by atoms with Crippen molar-refractivity contribution in [3.05, 3.63) is 122 Å². The highest BCUT2D eigenvalue weighted by Gasteiger charge is 2.19. The van der Waals surface area contributed by atoms with Crippen LogP contribution in [0.2, 0.25) is 0 Å². The minimum Gasteiger partial charge on any atom is -0.462 e. The molecule has 0 spiro atoms. The zero-order valence-electron chi connectivity index (χ0n) is 42.4. The number of allylic oxidation sites excluding steroid dienone is 20. The molecule has 0 bridgehead atoms. The van der Waals surface area contributed by atoms with Gasteiger partial charge in [0.15, 0.2) is 6.10 Å². The fraction of sp³-hybridized carbons (Fsp3) is 0.617. The molecule has 0 radical (unpaired) electrons. The van der Waals surface area contributed by atoms with Crippen LogP contribution in [0.5, 0.6) is 0 Å². The molecule has 6 heteroatoms. The average molecular weight is 913 g/mol. The van der Waals surface area contributed by atoms with Gasteiger partial charge in [0.1, 0.15) is 13.2 Å². The SMILES string of the molecule is CC/C=C\C/C=C\C/C=C\C/C=C\C/C=C\C/C=C\C/C=C\CCCC(=O)OCC(COC(=O)CCCCCCC/C=C\CCCCC)OC(=O)CCCCCCC/C=C\C/C=C\CCC. The van der Waals surface area contributed by atoms with Gasteiger partial charge in [-0.25, -0.2) is 0 Å². The number of hydrogen-bond acceptors (Lipinski definition) is 6. The third-order valence-electron chi connectivity index (χ3n) is 10.7. The van der Waals surface area contributed by atoms with Gasteiger partial charge in [-0.1, -0.05) is 200 Å². The molecule has 0 aliphatic carbocycles. The maximum Gasteiger partial charge on any atom is 0.306 e. The van der Waals surface area contributed by atoms with Crippen LogP contribution < -0.4 is 0 Å². The Labute approximate surface area is 405 Å². The van der Waals surface area contributed by atoms with Gasteiger partial charge in [-0.15, -0.1) is 0 Å². The van der Waals surface area contributed by atoms with Crippen LogP contribution >= 0.6 is 0 Å². The summed E-state index contributed by atoms with van der Waals surface area (Å²) in [5, 5.41) is 0. The van der Waals surface area contributed by atoms with Crippen LogP contribution in [-0.2, 0) is 28.6 Å². The molecule has 0 aromatic rings. The van der Waals surface area contributed by atoms with Gasteiger partial charge in [0, 0.05) is 19.3 Å². The van der Waals surface area contributed by atoms with Crippen molar-refractivity contribution < 1.29 is 28.6 Å². The quantitative estimate of drug-likeness (QED) is 0.0262. The maximum absolute atomic E-state index is 12.8. The van der Waals surface area contributed by atoms with Crippen molar-refractivity contribution in [1.82, 2.24) is 0 Å². The molecule has 1 unspecified atom stereocenters. The summed E-state index contributed by atoms with van der Waals surface area (Å²) in [5.74, 6) is -1.00. The number of carbonyl (C=O) groups excluding carboxylic acids is 3. The van der Waals surface area contributed by atoms with E-state index < -0.39 is 6.10 Å². The highest BCUT2D eigenvalue weighted by atomic mass is 16.6. The number of esters is 3. The average Bonchev–Trinajstić information content (AvgIpc) is 3.31. The van der Waals surface area contributed by atoms with Crippen LogP contribution in [0.15, 0.2) is 122 Å². The van der Waals surface area contributed by atoms with Crippen molar-refractivity contribution in [2.75, 3.05) is 13.2 Å². The largest absolute Gasteiger partial charge is 0.462 e. The molecule has 0 aromatic heterocycles. The Morgan fingerprint density at radius 1 is 0.318 bits per heavy atom. The summed E-state index contributed by atoms with van der Waals surface area (Å²) < 4.78 is 16.7. The number of carbonyl (C=O) groups is 3. The van der Waals surface area contributed by atoms with Crippen molar-refractivity contribution in [3.63, 3.8) is 0 Å². The molecule has 0 aliphatic rings. The van der Waals surface area contributed by atoms with Gasteiger partial charge in [-0.3, -0.25) is 14.4 Å². The Morgan fingerprint density at radius 2 is 0.636 bits per heavy atom. The predicted octanol–water partition coefficient (Wildman–Crippen LogP) is 17.7. The van der Waals surface area contributed by atoms with Crippen molar-refractivity contribution in [3.8, 4) is 0 Å². The van der Waals surface area contributed by atoms with E-state index in [0.717, 1.165) is 135 Å². The summed E-state index contributed by atoms with van der Waals surface area (Å²) >= 11 is 0. The first-order chi connectivity index (χ1) is 32.5. The second-order valence-corrected chi connectivity index (χ2v) is 17.0. The van der Waals surface area contributed by atoms with Gasteiger partial charge in [0.2, 0.25) is 0 Å². The predicted molar refractivity (Wildman–Crippen MR) is 283 cm³/mol. The van der Waals surface area contributed by atoms with E-state index in [-0.39, 0.29) is 37.5 Å². The molecule has 0 saturated carbocycles. The number of rotatable bonds is 46. The molecule has 0 aliphatic heterocycles. The minimum atomic E-state index is -0.815. The first kappa shape index (κ1) is 61.8. The van der Waals surface area contributed by atoms with Crippen LogP contribution in [0.25, 0.3) is 0 Å². The molecule has 0 rings (SSSR count). The van der Waals surface area contributed by atoms with E-state index in [9.17, 15) is 14.4 Å². The summed E-state index contributed by atoms with van der Waals surface area (Å²) in [6.45, 7) is 6.35. The first-order valence-electron chi connectivity index (χ1n) is 26.5. The van der Waals surface area contributed by atoms with E-state index in [1.807, 2.05) is 0 Å². The smallest absolute Gasteiger partial charge is 0.306 e. The lowest BCUT2D eigenvalue weighted by Gasteiger charge is -2.18. The zero-order valence-corrected chi connectivity index (χ0v) is 42.4. The summed E-state index contributed by atoms with van der Waals surface area (Å²) in [6, 6.07) is 0. The molecule has 0 saturated heterocycles. The molecule has 66 heavy (non-hydrogen) atoms. The molecule has 0 N–H and O–H groups in total. The van der Waals surface area contributed by atoms with Crippen LogP contribution in [-0.4, -0.2) is 37.2 Å². The zero-order chi connectivity index (χ0) is 47.9. The van der Waals surface area contributed by atoms with E-state index in [1.165, 1.54) is 38.5 Å². The molecule has 0 heterocycles.